The zero-order chi connectivity index (χ0) is 48.7. The van der Waals surface area contributed by atoms with Crippen LogP contribution in [-0.2, 0) is 28.5 Å². The number of carbonyl (C=O) groups excluding carboxylic acids is 2. The van der Waals surface area contributed by atoms with Gasteiger partial charge in [0.05, 0.1) is 13.2 Å². The van der Waals surface area contributed by atoms with E-state index in [4.69, 9.17) is 18.9 Å². The number of carbonyl (C=O) groups is 2. The molecule has 0 amide bonds. The first-order chi connectivity index (χ1) is 32.8. The molecule has 67 heavy (non-hydrogen) atoms. The Labute approximate surface area is 412 Å². The van der Waals surface area contributed by atoms with E-state index in [1.54, 1.807) is 0 Å². The van der Waals surface area contributed by atoms with Crippen molar-refractivity contribution < 1.29 is 49.0 Å². The number of aliphatic hydroxyl groups is 4. The van der Waals surface area contributed by atoms with Crippen LogP contribution in [0.15, 0.2) is 0 Å². The zero-order valence-electron chi connectivity index (χ0n) is 43.9. The fourth-order valence-electron chi connectivity index (χ4n) is 9.43. The molecule has 0 bridgehead atoms. The van der Waals surface area contributed by atoms with E-state index in [9.17, 15) is 30.0 Å². The van der Waals surface area contributed by atoms with Gasteiger partial charge in [0.25, 0.3) is 0 Å². The van der Waals surface area contributed by atoms with Crippen molar-refractivity contribution in [3.05, 3.63) is 0 Å². The molecule has 0 aliphatic carbocycles. The van der Waals surface area contributed by atoms with Crippen LogP contribution < -0.4 is 0 Å². The topological polar surface area (TPSA) is 152 Å². The summed E-state index contributed by atoms with van der Waals surface area (Å²) in [7, 11) is 0. The van der Waals surface area contributed by atoms with E-state index in [0.29, 0.717) is 6.42 Å². The number of unbranched alkanes of at least 4 members (excludes halogenated alkanes) is 40. The average Bonchev–Trinajstić information content (AvgIpc) is 3.33. The minimum absolute atomic E-state index is 0.208. The molecule has 0 aromatic heterocycles. The Bertz CT molecular complexity index is 1060. The molecule has 10 nitrogen and oxygen atoms in total. The molecular formula is C57H110O10. The normalized spacial score (nSPS) is 18.9. The van der Waals surface area contributed by atoms with Crippen LogP contribution in [0.1, 0.15) is 296 Å². The molecular weight excluding hydrogens is 845 g/mol. The molecule has 398 valence electrons. The largest absolute Gasteiger partial charge is 0.462 e. The molecule has 10 heteroatoms. The molecule has 0 saturated carbocycles. The standard InChI is InChI=1S/C57H110O10/c1-3-5-7-9-11-13-15-17-19-21-23-25-27-29-31-33-35-37-39-41-43-45-52(59)64-48-50(49-65-57-56(63)55(62)54(61)51(47-58)67-57)66-53(60)46-44-42-40-38-36-34-32-30-28-26-24-22-20-18-16-14-12-10-8-6-4-2/h50-51,54-58,61-63H,3-49H2,1-2H3/t50-,51-,54+,55?,56?,57-/m0/s1. The van der Waals surface area contributed by atoms with Gasteiger partial charge < -0.3 is 39.4 Å². The van der Waals surface area contributed by atoms with E-state index in [2.05, 4.69) is 13.8 Å². The van der Waals surface area contributed by atoms with E-state index in [1.165, 1.54) is 231 Å². The number of aliphatic hydroxyl groups excluding tert-OH is 4. The lowest BCUT2D eigenvalue weighted by Crippen LogP contribution is -2.59. The summed E-state index contributed by atoms with van der Waals surface area (Å²) in [5.74, 6) is -0.781. The van der Waals surface area contributed by atoms with Gasteiger partial charge in [0.15, 0.2) is 12.4 Å². The number of rotatable bonds is 51. The van der Waals surface area contributed by atoms with Crippen molar-refractivity contribution in [2.75, 3.05) is 19.8 Å². The average molecular weight is 955 g/mol. The van der Waals surface area contributed by atoms with Gasteiger partial charge in [-0.25, -0.2) is 0 Å². The van der Waals surface area contributed by atoms with Gasteiger partial charge in [-0.1, -0.05) is 271 Å². The second kappa shape index (κ2) is 48.3. The molecule has 2 unspecified atom stereocenters. The van der Waals surface area contributed by atoms with Crippen LogP contribution in [0.4, 0.5) is 0 Å². The lowest BCUT2D eigenvalue weighted by Gasteiger charge is -2.39. The van der Waals surface area contributed by atoms with Gasteiger partial charge in [-0.3, -0.25) is 9.59 Å². The summed E-state index contributed by atoms with van der Waals surface area (Å²) in [5, 5.41) is 40.3. The summed E-state index contributed by atoms with van der Waals surface area (Å²) in [5.41, 5.74) is 0. The van der Waals surface area contributed by atoms with Crippen molar-refractivity contribution in [3.8, 4) is 0 Å². The maximum Gasteiger partial charge on any atom is 0.306 e. The third kappa shape index (κ3) is 39.1. The summed E-state index contributed by atoms with van der Waals surface area (Å²) in [6.07, 6.45) is 46.9. The molecule has 0 spiro atoms. The summed E-state index contributed by atoms with van der Waals surface area (Å²) in [6.45, 7) is 3.50. The quantitative estimate of drug-likeness (QED) is 0.0342. The molecule has 0 radical (unpaired) electrons. The van der Waals surface area contributed by atoms with E-state index >= 15 is 0 Å². The minimum Gasteiger partial charge on any atom is -0.462 e. The molecule has 1 aliphatic heterocycles. The predicted octanol–water partition coefficient (Wildman–Crippen LogP) is 14.5. The highest BCUT2D eigenvalue weighted by atomic mass is 16.7. The Hall–Kier alpha value is -1.30. The first kappa shape index (κ1) is 63.7. The van der Waals surface area contributed by atoms with Crippen molar-refractivity contribution >= 4 is 11.9 Å². The van der Waals surface area contributed by atoms with Crippen molar-refractivity contribution in [1.82, 2.24) is 0 Å². The number of hydrogen-bond acceptors (Lipinski definition) is 10. The molecule has 1 heterocycles. The second-order valence-electron chi connectivity index (χ2n) is 20.5. The van der Waals surface area contributed by atoms with Crippen LogP contribution in [0.25, 0.3) is 0 Å². The van der Waals surface area contributed by atoms with Crippen molar-refractivity contribution in [2.24, 2.45) is 0 Å². The lowest BCUT2D eigenvalue weighted by atomic mass is 9.99. The number of ether oxygens (including phenoxy) is 4. The first-order valence-electron chi connectivity index (χ1n) is 29.1. The van der Waals surface area contributed by atoms with Crippen LogP contribution in [0.5, 0.6) is 0 Å². The molecule has 1 fully saturated rings. The molecule has 1 aliphatic rings. The summed E-state index contributed by atoms with van der Waals surface area (Å²) in [6, 6.07) is 0. The van der Waals surface area contributed by atoms with Gasteiger partial charge in [-0.2, -0.15) is 0 Å². The summed E-state index contributed by atoms with van der Waals surface area (Å²) in [4.78, 5) is 25.5. The summed E-state index contributed by atoms with van der Waals surface area (Å²) >= 11 is 0. The Balaban J connectivity index is 2.18. The zero-order valence-corrected chi connectivity index (χ0v) is 43.9. The SMILES string of the molecule is CCCCCCCCCCCCCCCCCCCCCCCC(=O)OC[C@@H](CO[C@H]1O[C@@H](CO)[C@@H](O)C(O)C1O)OC(=O)CCCCCCCCCCCCCCCCCCCCCCC. The van der Waals surface area contributed by atoms with E-state index in [0.717, 1.165) is 32.1 Å². The summed E-state index contributed by atoms with van der Waals surface area (Å²) < 4.78 is 22.3. The highest BCUT2D eigenvalue weighted by molar-refractivity contribution is 5.70. The highest BCUT2D eigenvalue weighted by Crippen LogP contribution is 2.23. The smallest absolute Gasteiger partial charge is 0.306 e. The molecule has 4 N–H and O–H groups in total. The Kier molecular flexibility index (Phi) is 46.0. The highest BCUT2D eigenvalue weighted by Gasteiger charge is 2.44. The fraction of sp³-hybridized carbons (Fsp3) is 0.965. The van der Waals surface area contributed by atoms with E-state index in [-0.39, 0.29) is 32.0 Å². The Morgan fingerprint density at radius 1 is 0.403 bits per heavy atom. The van der Waals surface area contributed by atoms with Crippen molar-refractivity contribution in [3.63, 3.8) is 0 Å². The number of hydrogen-bond donors (Lipinski definition) is 4. The van der Waals surface area contributed by atoms with Gasteiger partial charge in [0, 0.05) is 12.8 Å². The van der Waals surface area contributed by atoms with E-state index < -0.39 is 49.4 Å². The third-order valence-electron chi connectivity index (χ3n) is 14.0. The van der Waals surface area contributed by atoms with Crippen LogP contribution in [0.3, 0.4) is 0 Å². The molecule has 0 aromatic carbocycles. The monoisotopic (exact) mass is 955 g/mol. The Morgan fingerprint density at radius 3 is 1.01 bits per heavy atom. The van der Waals surface area contributed by atoms with Crippen LogP contribution in [0, 0.1) is 0 Å². The molecule has 0 aromatic rings. The minimum atomic E-state index is -1.59. The second-order valence-corrected chi connectivity index (χ2v) is 20.5. The van der Waals surface area contributed by atoms with Gasteiger partial charge in [0.2, 0.25) is 0 Å². The van der Waals surface area contributed by atoms with Crippen LogP contribution in [0.2, 0.25) is 0 Å². The van der Waals surface area contributed by atoms with Crippen molar-refractivity contribution in [2.45, 2.75) is 333 Å². The van der Waals surface area contributed by atoms with Crippen molar-refractivity contribution in [1.29, 1.82) is 0 Å². The number of esters is 2. The van der Waals surface area contributed by atoms with Gasteiger partial charge >= 0.3 is 11.9 Å². The molecule has 1 rings (SSSR count). The van der Waals surface area contributed by atoms with Gasteiger partial charge in [0.1, 0.15) is 31.0 Å². The van der Waals surface area contributed by atoms with Crippen LogP contribution >= 0.6 is 0 Å². The van der Waals surface area contributed by atoms with Crippen LogP contribution in [-0.4, -0.2) is 89.0 Å². The van der Waals surface area contributed by atoms with E-state index in [1.807, 2.05) is 0 Å². The maximum atomic E-state index is 12.9. The fourth-order valence-corrected chi connectivity index (χ4v) is 9.43. The molecule has 6 atom stereocenters. The predicted molar refractivity (Wildman–Crippen MR) is 275 cm³/mol. The van der Waals surface area contributed by atoms with Gasteiger partial charge in [-0.05, 0) is 12.8 Å². The maximum absolute atomic E-state index is 12.9. The Morgan fingerprint density at radius 2 is 0.701 bits per heavy atom. The molecule has 1 saturated heterocycles. The van der Waals surface area contributed by atoms with Gasteiger partial charge in [-0.15, -0.1) is 0 Å². The first-order valence-corrected chi connectivity index (χ1v) is 29.1. The third-order valence-corrected chi connectivity index (χ3v) is 14.0. The lowest BCUT2D eigenvalue weighted by molar-refractivity contribution is -0.305.